The van der Waals surface area contributed by atoms with Gasteiger partial charge in [-0.25, -0.2) is 0 Å². The average molecular weight is 485 g/mol. The molecule has 0 amide bonds. The summed E-state index contributed by atoms with van der Waals surface area (Å²) in [6.45, 7) is 3.69. The van der Waals surface area contributed by atoms with E-state index in [0.29, 0.717) is 24.2 Å². The second-order valence-corrected chi connectivity index (χ2v) is 7.71. The van der Waals surface area contributed by atoms with Gasteiger partial charge in [0.15, 0.2) is 5.96 Å². The van der Waals surface area contributed by atoms with E-state index in [-0.39, 0.29) is 24.0 Å². The molecule has 3 fully saturated rings. The first kappa shape index (κ1) is 20.9. The molecule has 1 N–H and O–H groups in total. The van der Waals surface area contributed by atoms with Gasteiger partial charge < -0.3 is 19.7 Å². The fourth-order valence-electron chi connectivity index (χ4n) is 4.14. The maximum absolute atomic E-state index is 6.08. The first-order valence-electron chi connectivity index (χ1n) is 10.1. The van der Waals surface area contributed by atoms with Crippen LogP contribution in [-0.2, 0) is 9.47 Å². The summed E-state index contributed by atoms with van der Waals surface area (Å²) in [5.74, 6) is 1.67. The summed E-state index contributed by atoms with van der Waals surface area (Å²) < 4.78 is 11.7. The average Bonchev–Trinajstić information content (AvgIpc) is 3.27. The van der Waals surface area contributed by atoms with Gasteiger partial charge in [-0.3, -0.25) is 4.99 Å². The quantitative estimate of drug-likeness (QED) is 0.395. The van der Waals surface area contributed by atoms with Crippen LogP contribution >= 0.6 is 24.0 Å². The molecule has 0 aromatic heterocycles. The van der Waals surface area contributed by atoms with Crippen LogP contribution in [0.5, 0.6) is 0 Å². The van der Waals surface area contributed by atoms with E-state index in [4.69, 9.17) is 9.47 Å². The number of benzene rings is 1. The van der Waals surface area contributed by atoms with Gasteiger partial charge in [-0.15, -0.1) is 24.0 Å². The van der Waals surface area contributed by atoms with Crippen LogP contribution in [0, 0.1) is 0 Å². The molecule has 2 saturated heterocycles. The normalized spacial score (nSPS) is 28.7. The van der Waals surface area contributed by atoms with Crippen molar-refractivity contribution in [3.63, 3.8) is 0 Å². The van der Waals surface area contributed by atoms with Crippen LogP contribution in [0.4, 0.5) is 0 Å². The van der Waals surface area contributed by atoms with Crippen LogP contribution in [0.3, 0.4) is 0 Å². The molecule has 1 aromatic carbocycles. The minimum absolute atomic E-state index is 0. The molecule has 0 radical (unpaired) electrons. The van der Waals surface area contributed by atoms with Crippen LogP contribution in [0.1, 0.15) is 43.6 Å². The number of likely N-dealkylation sites (tertiary alicyclic amines) is 1. The van der Waals surface area contributed by atoms with Crippen LogP contribution < -0.4 is 5.32 Å². The highest BCUT2D eigenvalue weighted by Crippen LogP contribution is 2.40. The Morgan fingerprint density at radius 1 is 1.22 bits per heavy atom. The monoisotopic (exact) mass is 485 g/mol. The van der Waals surface area contributed by atoms with Gasteiger partial charge >= 0.3 is 0 Å². The maximum atomic E-state index is 6.08. The molecule has 1 aromatic rings. The molecule has 2 heterocycles. The fraction of sp³-hybridized carbons (Fsp3) is 0.667. The van der Waals surface area contributed by atoms with E-state index in [1.807, 2.05) is 7.05 Å². The third-order valence-corrected chi connectivity index (χ3v) is 5.83. The lowest BCUT2D eigenvalue weighted by Crippen LogP contribution is -2.48. The molecule has 3 aliphatic rings. The largest absolute Gasteiger partial charge is 0.376 e. The van der Waals surface area contributed by atoms with E-state index in [0.717, 1.165) is 51.5 Å². The molecule has 1 aliphatic carbocycles. The van der Waals surface area contributed by atoms with E-state index in [2.05, 4.69) is 45.5 Å². The van der Waals surface area contributed by atoms with E-state index in [1.54, 1.807) is 0 Å². The number of nitrogens with one attached hydrogen (secondary N) is 1. The molecular weight excluding hydrogens is 453 g/mol. The molecule has 150 valence electrons. The van der Waals surface area contributed by atoms with Gasteiger partial charge in [0.1, 0.15) is 0 Å². The Labute approximate surface area is 179 Å². The Kier molecular flexibility index (Phi) is 7.78. The van der Waals surface area contributed by atoms with Gasteiger partial charge in [0, 0.05) is 38.7 Å². The number of aliphatic imine (C=N–C) groups is 1. The first-order chi connectivity index (χ1) is 12.8. The van der Waals surface area contributed by atoms with E-state index >= 15 is 0 Å². The molecule has 4 rings (SSSR count). The zero-order chi connectivity index (χ0) is 17.8. The standard InChI is InChI=1S/C21H31N3O2.HI/c1-22-21(23-20-14-19(20)16-6-3-2-4-7-16)24-11-9-17(10-12-24)26-15-18-8-5-13-25-18;/h2-4,6-7,17-20H,5,8-15H2,1H3,(H,22,23);1H. The minimum Gasteiger partial charge on any atom is -0.376 e. The molecule has 3 unspecified atom stereocenters. The summed E-state index contributed by atoms with van der Waals surface area (Å²) in [6, 6.07) is 11.3. The minimum atomic E-state index is 0. The fourth-order valence-corrected chi connectivity index (χ4v) is 4.14. The van der Waals surface area contributed by atoms with Gasteiger partial charge in [-0.1, -0.05) is 30.3 Å². The third kappa shape index (κ3) is 5.57. The number of guanidine groups is 1. The van der Waals surface area contributed by atoms with Crippen molar-refractivity contribution in [1.82, 2.24) is 10.2 Å². The topological polar surface area (TPSA) is 46.1 Å². The van der Waals surface area contributed by atoms with Gasteiger partial charge in [0.25, 0.3) is 0 Å². The highest BCUT2D eigenvalue weighted by molar-refractivity contribution is 14.0. The molecule has 0 bridgehead atoms. The third-order valence-electron chi connectivity index (χ3n) is 5.83. The number of hydrogen-bond acceptors (Lipinski definition) is 3. The summed E-state index contributed by atoms with van der Waals surface area (Å²) >= 11 is 0. The number of hydrogen-bond donors (Lipinski definition) is 1. The molecule has 0 spiro atoms. The van der Waals surface area contributed by atoms with Crippen molar-refractivity contribution in [2.24, 2.45) is 4.99 Å². The van der Waals surface area contributed by atoms with Crippen molar-refractivity contribution in [1.29, 1.82) is 0 Å². The van der Waals surface area contributed by atoms with Crippen molar-refractivity contribution in [2.75, 3.05) is 33.4 Å². The Bertz CT molecular complexity index is 599. The summed E-state index contributed by atoms with van der Waals surface area (Å²) in [5.41, 5.74) is 1.43. The maximum Gasteiger partial charge on any atom is 0.193 e. The van der Waals surface area contributed by atoms with Crippen molar-refractivity contribution in [2.45, 2.75) is 56.3 Å². The number of ether oxygens (including phenoxy) is 2. The molecule has 2 aliphatic heterocycles. The zero-order valence-corrected chi connectivity index (χ0v) is 18.5. The molecule has 1 saturated carbocycles. The molecule has 3 atom stereocenters. The summed E-state index contributed by atoms with van der Waals surface area (Å²) in [5, 5.41) is 3.67. The van der Waals surface area contributed by atoms with E-state index in [9.17, 15) is 0 Å². The van der Waals surface area contributed by atoms with Crippen molar-refractivity contribution < 1.29 is 9.47 Å². The van der Waals surface area contributed by atoms with Crippen molar-refractivity contribution in [3.05, 3.63) is 35.9 Å². The molecule has 27 heavy (non-hydrogen) atoms. The summed E-state index contributed by atoms with van der Waals surface area (Å²) in [6.07, 6.45) is 6.36. The molecule has 5 nitrogen and oxygen atoms in total. The van der Waals surface area contributed by atoms with Crippen molar-refractivity contribution >= 4 is 29.9 Å². The Hall–Kier alpha value is -0.860. The number of halogens is 1. The smallest absolute Gasteiger partial charge is 0.193 e. The van der Waals surface area contributed by atoms with Gasteiger partial charge in [0.05, 0.1) is 18.8 Å². The molecular formula is C21H32IN3O2. The Morgan fingerprint density at radius 3 is 2.67 bits per heavy atom. The number of piperidine rings is 1. The highest BCUT2D eigenvalue weighted by atomic mass is 127. The predicted octanol–water partition coefficient (Wildman–Crippen LogP) is 3.40. The number of rotatable bonds is 5. The number of nitrogens with zero attached hydrogens (tertiary/aromatic N) is 2. The lowest BCUT2D eigenvalue weighted by atomic mass is 10.1. The lowest BCUT2D eigenvalue weighted by molar-refractivity contribution is -0.0367. The van der Waals surface area contributed by atoms with Crippen LogP contribution in [-0.4, -0.2) is 62.5 Å². The lowest BCUT2D eigenvalue weighted by Gasteiger charge is -2.34. The van der Waals surface area contributed by atoms with Crippen LogP contribution in [0.15, 0.2) is 35.3 Å². The summed E-state index contributed by atoms with van der Waals surface area (Å²) in [4.78, 5) is 6.91. The first-order valence-corrected chi connectivity index (χ1v) is 10.1. The zero-order valence-electron chi connectivity index (χ0n) is 16.2. The van der Waals surface area contributed by atoms with Gasteiger partial charge in [0.2, 0.25) is 0 Å². The van der Waals surface area contributed by atoms with Crippen molar-refractivity contribution in [3.8, 4) is 0 Å². The van der Waals surface area contributed by atoms with E-state index in [1.165, 1.54) is 18.4 Å². The SMILES string of the molecule is CN=C(NC1CC1c1ccccc1)N1CCC(OCC2CCCO2)CC1.I. The summed E-state index contributed by atoms with van der Waals surface area (Å²) in [7, 11) is 1.89. The predicted molar refractivity (Wildman–Crippen MR) is 119 cm³/mol. The molecule has 6 heteroatoms. The van der Waals surface area contributed by atoms with E-state index < -0.39 is 0 Å². The van der Waals surface area contributed by atoms with Gasteiger partial charge in [-0.05, 0) is 37.7 Å². The Morgan fingerprint density at radius 2 is 2.00 bits per heavy atom. The highest BCUT2D eigenvalue weighted by Gasteiger charge is 2.39. The van der Waals surface area contributed by atoms with Gasteiger partial charge in [-0.2, -0.15) is 0 Å². The van der Waals surface area contributed by atoms with Crippen LogP contribution in [0.2, 0.25) is 0 Å². The Balaban J connectivity index is 0.00000210. The van der Waals surface area contributed by atoms with Crippen LogP contribution in [0.25, 0.3) is 0 Å². The second-order valence-electron chi connectivity index (χ2n) is 7.71. The second kappa shape index (κ2) is 10.1.